The van der Waals surface area contributed by atoms with Crippen LogP contribution in [0.15, 0.2) is 4.99 Å². The normalized spacial score (nSPS) is 17.6. The minimum atomic E-state index is -0.302. The van der Waals surface area contributed by atoms with Crippen LogP contribution in [0.5, 0.6) is 0 Å². The van der Waals surface area contributed by atoms with Gasteiger partial charge in [-0.15, -0.1) is 11.3 Å². The van der Waals surface area contributed by atoms with Crippen molar-refractivity contribution in [1.29, 1.82) is 0 Å². The highest BCUT2D eigenvalue weighted by molar-refractivity contribution is 7.13. The van der Waals surface area contributed by atoms with Gasteiger partial charge in [-0.3, -0.25) is 4.99 Å². The number of carbonyl (C=O) groups is 1. The largest absolute Gasteiger partial charge is 0.462 e. The van der Waals surface area contributed by atoms with E-state index in [2.05, 4.69) is 32.4 Å². The number of thiazole rings is 1. The highest BCUT2D eigenvalue weighted by Crippen LogP contribution is 2.24. The molecule has 152 valence electrons. The smallest absolute Gasteiger partial charge is 0.350 e. The van der Waals surface area contributed by atoms with Crippen LogP contribution in [0, 0.1) is 12.8 Å². The van der Waals surface area contributed by atoms with Crippen molar-refractivity contribution in [3.63, 3.8) is 0 Å². The molecule has 1 unspecified atom stereocenters. The maximum absolute atomic E-state index is 12.0. The van der Waals surface area contributed by atoms with Crippen molar-refractivity contribution in [3.05, 3.63) is 15.6 Å². The second-order valence-electron chi connectivity index (χ2n) is 7.08. The van der Waals surface area contributed by atoms with E-state index in [1.165, 1.54) is 37.3 Å². The average molecular weight is 396 g/mol. The molecule has 0 aliphatic carbocycles. The first kappa shape index (κ1) is 21.6. The summed E-state index contributed by atoms with van der Waals surface area (Å²) >= 11 is 1.38. The Kier molecular flexibility index (Phi) is 8.50. The monoisotopic (exact) mass is 395 g/mol. The molecule has 1 aromatic heterocycles. The quantitative estimate of drug-likeness (QED) is 0.420. The second-order valence-corrected chi connectivity index (χ2v) is 8.11. The molecular weight excluding hydrogens is 362 g/mol. The number of aliphatic imine (C=N–C) groups is 1. The highest BCUT2D eigenvalue weighted by Gasteiger charge is 2.20. The summed E-state index contributed by atoms with van der Waals surface area (Å²) < 4.78 is 5.09. The number of ether oxygens (including phenoxy) is 1. The zero-order valence-corrected chi connectivity index (χ0v) is 18.0. The summed E-state index contributed by atoms with van der Waals surface area (Å²) in [5.41, 5.74) is 0.712. The van der Waals surface area contributed by atoms with E-state index in [1.54, 1.807) is 14.0 Å². The minimum Gasteiger partial charge on any atom is -0.462 e. The number of esters is 1. The van der Waals surface area contributed by atoms with Gasteiger partial charge in [-0.25, -0.2) is 9.78 Å². The molecule has 1 fully saturated rings. The first-order chi connectivity index (χ1) is 12.9. The summed E-state index contributed by atoms with van der Waals surface area (Å²) in [5.74, 6) is 1.30. The number of rotatable bonds is 7. The molecule has 1 atom stereocenters. The van der Waals surface area contributed by atoms with Gasteiger partial charge in [-0.1, -0.05) is 6.92 Å². The topological polar surface area (TPSA) is 78.8 Å². The number of likely N-dealkylation sites (tertiary alicyclic amines) is 1. The van der Waals surface area contributed by atoms with Crippen LogP contribution in [-0.2, 0) is 4.74 Å². The molecule has 27 heavy (non-hydrogen) atoms. The molecule has 1 aliphatic rings. The third-order valence-electron chi connectivity index (χ3n) is 4.82. The number of hydrogen-bond donors (Lipinski definition) is 2. The highest BCUT2D eigenvalue weighted by atomic mass is 32.1. The standard InChI is InChI=1S/C19H33N5O2S/c1-6-26-18(25)16-14(3)22-17(27-16)15(4)23-19(20-5)21-9-12-24-10-7-13(2)8-11-24/h13,15H,6-12H2,1-5H3,(H2,20,21,23). The maximum atomic E-state index is 12.0. The van der Waals surface area contributed by atoms with Crippen molar-refractivity contribution < 1.29 is 9.53 Å². The molecule has 0 bridgehead atoms. The van der Waals surface area contributed by atoms with Gasteiger partial charge in [0, 0.05) is 20.1 Å². The third kappa shape index (κ3) is 6.46. The van der Waals surface area contributed by atoms with Gasteiger partial charge in [0.15, 0.2) is 5.96 Å². The van der Waals surface area contributed by atoms with Crippen LogP contribution in [-0.4, -0.2) is 61.6 Å². The number of aryl methyl sites for hydroxylation is 1. The van der Waals surface area contributed by atoms with E-state index in [4.69, 9.17) is 4.74 Å². The van der Waals surface area contributed by atoms with Crippen LogP contribution >= 0.6 is 11.3 Å². The van der Waals surface area contributed by atoms with Crippen LogP contribution in [0.4, 0.5) is 0 Å². The SMILES string of the molecule is CCOC(=O)c1sc(C(C)NC(=NC)NCCN2CCC(C)CC2)nc1C. The molecule has 2 heterocycles. The van der Waals surface area contributed by atoms with Crippen LogP contribution in [0.1, 0.15) is 60.0 Å². The first-order valence-electron chi connectivity index (χ1n) is 9.78. The predicted octanol–water partition coefficient (Wildman–Crippen LogP) is 2.59. The van der Waals surface area contributed by atoms with Crippen molar-refractivity contribution in [3.8, 4) is 0 Å². The Balaban J connectivity index is 1.83. The number of hydrogen-bond acceptors (Lipinski definition) is 6. The molecule has 1 aliphatic heterocycles. The van der Waals surface area contributed by atoms with Crippen LogP contribution in [0.2, 0.25) is 0 Å². The van der Waals surface area contributed by atoms with Crippen LogP contribution < -0.4 is 10.6 Å². The summed E-state index contributed by atoms with van der Waals surface area (Å²) in [6.07, 6.45) is 2.58. The van der Waals surface area contributed by atoms with Gasteiger partial charge in [0.2, 0.25) is 0 Å². The molecule has 8 heteroatoms. The molecule has 2 rings (SSSR count). The fourth-order valence-electron chi connectivity index (χ4n) is 3.07. The van der Waals surface area contributed by atoms with Crippen molar-refractivity contribution in [1.82, 2.24) is 20.5 Å². The number of aromatic nitrogens is 1. The molecule has 1 aromatic rings. The second kappa shape index (κ2) is 10.6. The Morgan fingerprint density at radius 3 is 2.78 bits per heavy atom. The molecule has 2 N–H and O–H groups in total. The van der Waals surface area contributed by atoms with E-state index < -0.39 is 0 Å². The van der Waals surface area contributed by atoms with Crippen molar-refractivity contribution in [2.45, 2.75) is 46.6 Å². The van der Waals surface area contributed by atoms with E-state index in [9.17, 15) is 4.79 Å². The van der Waals surface area contributed by atoms with E-state index in [1.807, 2.05) is 13.8 Å². The number of nitrogens with one attached hydrogen (secondary N) is 2. The van der Waals surface area contributed by atoms with Crippen molar-refractivity contribution in [2.24, 2.45) is 10.9 Å². The number of carbonyl (C=O) groups excluding carboxylic acids is 1. The van der Waals surface area contributed by atoms with Gasteiger partial charge < -0.3 is 20.3 Å². The Labute approximate surface area is 166 Å². The van der Waals surface area contributed by atoms with Gasteiger partial charge in [-0.05, 0) is 52.6 Å². The molecular formula is C19H33N5O2S. The van der Waals surface area contributed by atoms with Gasteiger partial charge in [0.1, 0.15) is 9.88 Å². The lowest BCUT2D eigenvalue weighted by atomic mass is 9.99. The van der Waals surface area contributed by atoms with Crippen LogP contribution in [0.25, 0.3) is 0 Å². The zero-order valence-electron chi connectivity index (χ0n) is 17.2. The van der Waals surface area contributed by atoms with Crippen molar-refractivity contribution >= 4 is 23.3 Å². The molecule has 0 aromatic carbocycles. The lowest BCUT2D eigenvalue weighted by Gasteiger charge is -2.30. The van der Waals surface area contributed by atoms with Gasteiger partial charge >= 0.3 is 5.97 Å². The third-order valence-corrected chi connectivity index (χ3v) is 6.14. The Morgan fingerprint density at radius 1 is 1.44 bits per heavy atom. The fourth-order valence-corrected chi connectivity index (χ4v) is 4.03. The Bertz CT molecular complexity index is 638. The summed E-state index contributed by atoms with van der Waals surface area (Å²) in [5, 5.41) is 7.58. The lowest BCUT2D eigenvalue weighted by Crippen LogP contribution is -2.43. The van der Waals surface area contributed by atoms with E-state index in [0.29, 0.717) is 17.2 Å². The summed E-state index contributed by atoms with van der Waals surface area (Å²) in [6, 6.07) is -0.0427. The first-order valence-corrected chi connectivity index (χ1v) is 10.6. The summed E-state index contributed by atoms with van der Waals surface area (Å²) in [4.78, 5) is 23.9. The van der Waals surface area contributed by atoms with Gasteiger partial charge in [0.25, 0.3) is 0 Å². The lowest BCUT2D eigenvalue weighted by molar-refractivity contribution is 0.0531. The molecule has 0 radical (unpaired) electrons. The van der Waals surface area contributed by atoms with E-state index in [0.717, 1.165) is 30.0 Å². The minimum absolute atomic E-state index is 0.0427. The van der Waals surface area contributed by atoms with E-state index in [-0.39, 0.29) is 12.0 Å². The maximum Gasteiger partial charge on any atom is 0.350 e. The molecule has 0 amide bonds. The van der Waals surface area contributed by atoms with Gasteiger partial charge in [0.05, 0.1) is 18.3 Å². The molecule has 7 nitrogen and oxygen atoms in total. The number of nitrogens with zero attached hydrogens (tertiary/aromatic N) is 3. The van der Waals surface area contributed by atoms with Gasteiger partial charge in [-0.2, -0.15) is 0 Å². The number of guanidine groups is 1. The Morgan fingerprint density at radius 2 is 2.15 bits per heavy atom. The summed E-state index contributed by atoms with van der Waals surface area (Å²) in [6.45, 7) is 12.6. The fraction of sp³-hybridized carbons (Fsp3) is 0.737. The predicted molar refractivity (Wildman–Crippen MR) is 111 cm³/mol. The Hall–Kier alpha value is -1.67. The van der Waals surface area contributed by atoms with Crippen LogP contribution in [0.3, 0.4) is 0 Å². The average Bonchev–Trinajstić information content (AvgIpc) is 3.04. The zero-order chi connectivity index (χ0) is 19.8. The van der Waals surface area contributed by atoms with E-state index >= 15 is 0 Å². The molecule has 0 spiro atoms. The molecule has 0 saturated carbocycles. The number of piperidine rings is 1. The summed E-state index contributed by atoms with van der Waals surface area (Å²) in [7, 11) is 1.77. The van der Waals surface area contributed by atoms with Crippen molar-refractivity contribution in [2.75, 3.05) is 39.8 Å². The molecule has 1 saturated heterocycles.